The zero-order valence-corrected chi connectivity index (χ0v) is 12.1. The number of hydrogen-bond acceptors (Lipinski definition) is 3. The molecule has 0 saturated carbocycles. The molecular formula is C14H23ClN2O. The van der Waals surface area contributed by atoms with Crippen LogP contribution in [0, 0.1) is 11.8 Å². The lowest BCUT2D eigenvalue weighted by molar-refractivity contribution is 0.340. The minimum atomic E-state index is 0.468. The van der Waals surface area contributed by atoms with Crippen molar-refractivity contribution >= 4 is 17.3 Å². The molecule has 3 N–H and O–H groups in total. The van der Waals surface area contributed by atoms with Gasteiger partial charge in [0.15, 0.2) is 0 Å². The second kappa shape index (κ2) is 7.49. The second-order valence-electron chi connectivity index (χ2n) is 4.70. The van der Waals surface area contributed by atoms with Gasteiger partial charge in [0, 0.05) is 12.2 Å². The number of anilines is 1. The molecule has 102 valence electrons. The largest absolute Gasteiger partial charge is 0.492 e. The van der Waals surface area contributed by atoms with Crippen LogP contribution in [0.1, 0.15) is 20.8 Å². The molecule has 0 aliphatic rings. The molecule has 1 aromatic carbocycles. The first-order valence-corrected chi connectivity index (χ1v) is 6.82. The average molecular weight is 271 g/mol. The number of hydrogen-bond donors (Lipinski definition) is 2. The zero-order valence-electron chi connectivity index (χ0n) is 11.4. The smallest absolute Gasteiger partial charge is 0.138 e. The van der Waals surface area contributed by atoms with Crippen molar-refractivity contribution in [3.05, 3.63) is 23.2 Å². The molecule has 0 heterocycles. The van der Waals surface area contributed by atoms with Crippen molar-refractivity contribution in [2.24, 2.45) is 17.6 Å². The van der Waals surface area contributed by atoms with E-state index in [2.05, 4.69) is 19.2 Å². The lowest BCUT2D eigenvalue weighted by Gasteiger charge is -2.20. The molecule has 4 heteroatoms. The van der Waals surface area contributed by atoms with E-state index in [0.29, 0.717) is 30.0 Å². The molecule has 0 bridgehead atoms. The topological polar surface area (TPSA) is 47.3 Å². The second-order valence-corrected chi connectivity index (χ2v) is 5.11. The van der Waals surface area contributed by atoms with Crippen LogP contribution in [0.2, 0.25) is 5.02 Å². The Labute approximate surface area is 115 Å². The van der Waals surface area contributed by atoms with Gasteiger partial charge in [-0.1, -0.05) is 25.4 Å². The van der Waals surface area contributed by atoms with E-state index in [-0.39, 0.29) is 0 Å². The highest BCUT2D eigenvalue weighted by atomic mass is 35.5. The van der Waals surface area contributed by atoms with E-state index in [0.717, 1.165) is 18.0 Å². The highest BCUT2D eigenvalue weighted by molar-refractivity contribution is 6.32. The van der Waals surface area contributed by atoms with Crippen LogP contribution in [-0.2, 0) is 0 Å². The molecular weight excluding hydrogens is 248 g/mol. The van der Waals surface area contributed by atoms with Crippen LogP contribution in [0.15, 0.2) is 18.2 Å². The van der Waals surface area contributed by atoms with E-state index in [1.165, 1.54) is 0 Å². The molecule has 1 unspecified atom stereocenters. The SMILES string of the molecule is CCOc1ccc(NCC(CN)C(C)C)cc1Cl. The molecule has 0 radical (unpaired) electrons. The summed E-state index contributed by atoms with van der Waals surface area (Å²) in [4.78, 5) is 0. The standard InChI is InChI=1S/C14H23ClN2O/c1-4-18-14-6-5-12(7-13(14)15)17-9-11(8-16)10(2)3/h5-7,10-11,17H,4,8-9,16H2,1-3H3. The van der Waals surface area contributed by atoms with Crippen molar-refractivity contribution in [1.82, 2.24) is 0 Å². The van der Waals surface area contributed by atoms with Crippen molar-refractivity contribution in [1.29, 1.82) is 0 Å². The van der Waals surface area contributed by atoms with Gasteiger partial charge in [0.25, 0.3) is 0 Å². The minimum absolute atomic E-state index is 0.468. The number of rotatable bonds is 7. The van der Waals surface area contributed by atoms with Crippen molar-refractivity contribution < 1.29 is 4.74 Å². The van der Waals surface area contributed by atoms with Crippen LogP contribution in [0.3, 0.4) is 0 Å². The number of halogens is 1. The molecule has 0 aromatic heterocycles. The number of nitrogens with one attached hydrogen (secondary N) is 1. The summed E-state index contributed by atoms with van der Waals surface area (Å²) in [6.45, 7) is 8.48. The number of nitrogens with two attached hydrogens (primary N) is 1. The first kappa shape index (κ1) is 15.1. The molecule has 0 aliphatic carbocycles. The molecule has 0 saturated heterocycles. The van der Waals surface area contributed by atoms with E-state index in [4.69, 9.17) is 22.1 Å². The lowest BCUT2D eigenvalue weighted by Crippen LogP contribution is -2.27. The van der Waals surface area contributed by atoms with Gasteiger partial charge < -0.3 is 15.8 Å². The maximum absolute atomic E-state index is 6.13. The predicted octanol–water partition coefficient (Wildman–Crippen LogP) is 3.38. The Kier molecular flexibility index (Phi) is 6.30. The van der Waals surface area contributed by atoms with Crippen LogP contribution in [-0.4, -0.2) is 19.7 Å². The summed E-state index contributed by atoms with van der Waals surface area (Å²) in [7, 11) is 0. The Hall–Kier alpha value is -0.930. The van der Waals surface area contributed by atoms with Gasteiger partial charge in [0.1, 0.15) is 5.75 Å². The van der Waals surface area contributed by atoms with Gasteiger partial charge in [0.2, 0.25) is 0 Å². The quantitative estimate of drug-likeness (QED) is 0.798. The van der Waals surface area contributed by atoms with Gasteiger partial charge in [-0.3, -0.25) is 0 Å². The summed E-state index contributed by atoms with van der Waals surface area (Å²) in [5.41, 5.74) is 6.75. The highest BCUT2D eigenvalue weighted by Crippen LogP contribution is 2.27. The van der Waals surface area contributed by atoms with Crippen LogP contribution >= 0.6 is 11.6 Å². The molecule has 1 atom stereocenters. The Morgan fingerprint density at radius 1 is 1.39 bits per heavy atom. The Balaban J connectivity index is 2.60. The maximum Gasteiger partial charge on any atom is 0.138 e. The average Bonchev–Trinajstić information content (AvgIpc) is 2.33. The van der Waals surface area contributed by atoms with E-state index >= 15 is 0 Å². The first-order valence-electron chi connectivity index (χ1n) is 6.44. The van der Waals surface area contributed by atoms with Gasteiger partial charge in [0.05, 0.1) is 11.6 Å². The van der Waals surface area contributed by atoms with E-state index in [9.17, 15) is 0 Å². The Morgan fingerprint density at radius 2 is 2.11 bits per heavy atom. The maximum atomic E-state index is 6.13. The number of ether oxygens (including phenoxy) is 1. The fourth-order valence-electron chi connectivity index (χ4n) is 1.72. The molecule has 0 aliphatic heterocycles. The van der Waals surface area contributed by atoms with Gasteiger partial charge in [-0.15, -0.1) is 0 Å². The third-order valence-corrected chi connectivity index (χ3v) is 3.34. The van der Waals surface area contributed by atoms with Gasteiger partial charge in [-0.2, -0.15) is 0 Å². The van der Waals surface area contributed by atoms with Gasteiger partial charge >= 0.3 is 0 Å². The van der Waals surface area contributed by atoms with E-state index < -0.39 is 0 Å². The van der Waals surface area contributed by atoms with Crippen LogP contribution < -0.4 is 15.8 Å². The zero-order chi connectivity index (χ0) is 13.5. The Morgan fingerprint density at radius 3 is 2.61 bits per heavy atom. The lowest BCUT2D eigenvalue weighted by atomic mass is 9.96. The Bertz CT molecular complexity index is 369. The molecule has 1 rings (SSSR count). The summed E-state index contributed by atoms with van der Waals surface area (Å²) >= 11 is 6.13. The molecule has 0 fully saturated rings. The van der Waals surface area contributed by atoms with Crippen LogP contribution in [0.25, 0.3) is 0 Å². The summed E-state index contributed by atoms with van der Waals surface area (Å²) in [6, 6.07) is 5.76. The summed E-state index contributed by atoms with van der Waals surface area (Å²) in [5.74, 6) is 1.76. The molecule has 0 amide bonds. The highest BCUT2D eigenvalue weighted by Gasteiger charge is 2.11. The molecule has 1 aromatic rings. The van der Waals surface area contributed by atoms with E-state index in [1.54, 1.807) is 0 Å². The van der Waals surface area contributed by atoms with E-state index in [1.807, 2.05) is 25.1 Å². The molecule has 18 heavy (non-hydrogen) atoms. The van der Waals surface area contributed by atoms with Crippen LogP contribution in [0.4, 0.5) is 5.69 Å². The van der Waals surface area contributed by atoms with Crippen molar-refractivity contribution in [3.8, 4) is 5.75 Å². The predicted molar refractivity (Wildman–Crippen MR) is 78.5 cm³/mol. The van der Waals surface area contributed by atoms with Gasteiger partial charge in [-0.05, 0) is 43.5 Å². The number of benzene rings is 1. The van der Waals surface area contributed by atoms with Crippen molar-refractivity contribution in [2.75, 3.05) is 25.0 Å². The fraction of sp³-hybridized carbons (Fsp3) is 0.571. The molecule has 3 nitrogen and oxygen atoms in total. The minimum Gasteiger partial charge on any atom is -0.492 e. The van der Waals surface area contributed by atoms with Crippen molar-refractivity contribution in [3.63, 3.8) is 0 Å². The summed E-state index contributed by atoms with van der Waals surface area (Å²) < 4.78 is 5.40. The van der Waals surface area contributed by atoms with Crippen LogP contribution in [0.5, 0.6) is 5.75 Å². The first-order chi connectivity index (χ1) is 8.58. The monoisotopic (exact) mass is 270 g/mol. The summed E-state index contributed by atoms with van der Waals surface area (Å²) in [6.07, 6.45) is 0. The normalized spacial score (nSPS) is 12.6. The third-order valence-electron chi connectivity index (χ3n) is 3.05. The van der Waals surface area contributed by atoms with Gasteiger partial charge in [-0.25, -0.2) is 0 Å². The molecule has 0 spiro atoms. The fourth-order valence-corrected chi connectivity index (χ4v) is 1.96. The van der Waals surface area contributed by atoms with Crippen molar-refractivity contribution in [2.45, 2.75) is 20.8 Å². The third kappa shape index (κ3) is 4.39. The summed E-state index contributed by atoms with van der Waals surface area (Å²) in [5, 5.41) is 4.00.